The van der Waals surface area contributed by atoms with E-state index in [-0.39, 0.29) is 5.91 Å². The molecule has 2 aromatic rings. The van der Waals surface area contributed by atoms with Crippen LogP contribution in [0, 0.1) is 6.92 Å². The highest BCUT2D eigenvalue weighted by Crippen LogP contribution is 2.40. The topological polar surface area (TPSA) is 68.0 Å². The second-order valence-electron chi connectivity index (χ2n) is 7.06. The van der Waals surface area contributed by atoms with E-state index in [1.807, 2.05) is 45.0 Å². The molecule has 3 N–H and O–H groups in total. The normalized spacial score (nSPS) is 15.1. The third kappa shape index (κ3) is 3.28. The van der Waals surface area contributed by atoms with E-state index in [1.54, 1.807) is 0 Å². The Hall–Kier alpha value is -1.94. The number of carbonyl (C=O) groups excluding carboxylic acids is 1. The first-order valence-electron chi connectivity index (χ1n) is 7.82. The van der Waals surface area contributed by atoms with Crippen molar-refractivity contribution in [2.75, 3.05) is 6.54 Å². The molecule has 0 saturated heterocycles. The summed E-state index contributed by atoms with van der Waals surface area (Å²) < 4.78 is 0. The number of rotatable bonds is 4. The standard InChI is InChI=1S/C18H23N3O/c1-11-4-7-15-13(8-11)14(9-16(21-15)12-5-6-12)17(22)20-10-18(2,3)19/h4,7-9,12H,5-6,10,19H2,1-3H3,(H,20,22). The van der Waals surface area contributed by atoms with Gasteiger partial charge in [-0.1, -0.05) is 11.6 Å². The van der Waals surface area contributed by atoms with E-state index in [4.69, 9.17) is 10.7 Å². The van der Waals surface area contributed by atoms with Gasteiger partial charge in [0, 0.05) is 29.1 Å². The van der Waals surface area contributed by atoms with Gasteiger partial charge in [-0.25, -0.2) is 0 Å². The van der Waals surface area contributed by atoms with E-state index in [0.29, 0.717) is 18.0 Å². The number of hydrogen-bond donors (Lipinski definition) is 2. The fraction of sp³-hybridized carbons (Fsp3) is 0.444. The maximum atomic E-state index is 12.6. The van der Waals surface area contributed by atoms with Crippen LogP contribution < -0.4 is 11.1 Å². The maximum Gasteiger partial charge on any atom is 0.252 e. The van der Waals surface area contributed by atoms with Gasteiger partial charge in [-0.2, -0.15) is 0 Å². The quantitative estimate of drug-likeness (QED) is 0.911. The van der Waals surface area contributed by atoms with E-state index >= 15 is 0 Å². The molecule has 0 spiro atoms. The summed E-state index contributed by atoms with van der Waals surface area (Å²) in [5.41, 5.74) is 9.30. The molecule has 1 aliphatic rings. The largest absolute Gasteiger partial charge is 0.350 e. The molecule has 1 fully saturated rings. The third-order valence-corrected chi connectivity index (χ3v) is 3.93. The summed E-state index contributed by atoms with van der Waals surface area (Å²) in [6, 6.07) is 8.02. The zero-order chi connectivity index (χ0) is 15.9. The van der Waals surface area contributed by atoms with E-state index in [1.165, 1.54) is 12.8 Å². The summed E-state index contributed by atoms with van der Waals surface area (Å²) in [6.45, 7) is 6.27. The zero-order valence-electron chi connectivity index (χ0n) is 13.4. The van der Waals surface area contributed by atoms with E-state index < -0.39 is 5.54 Å². The Balaban J connectivity index is 2.01. The molecule has 4 heteroatoms. The van der Waals surface area contributed by atoms with Crippen molar-refractivity contribution in [3.63, 3.8) is 0 Å². The van der Waals surface area contributed by atoms with Gasteiger partial charge < -0.3 is 11.1 Å². The minimum Gasteiger partial charge on any atom is -0.350 e. The molecule has 0 radical (unpaired) electrons. The van der Waals surface area contributed by atoms with Crippen molar-refractivity contribution in [3.8, 4) is 0 Å². The van der Waals surface area contributed by atoms with E-state index in [9.17, 15) is 4.79 Å². The number of carbonyl (C=O) groups is 1. The number of nitrogens with zero attached hydrogens (tertiary/aromatic N) is 1. The molecule has 1 amide bonds. The van der Waals surface area contributed by atoms with Crippen LogP contribution in [-0.2, 0) is 0 Å². The van der Waals surface area contributed by atoms with Gasteiger partial charge in [0.1, 0.15) is 0 Å². The van der Waals surface area contributed by atoms with Gasteiger partial charge in [0.05, 0.1) is 11.1 Å². The van der Waals surface area contributed by atoms with Crippen molar-refractivity contribution in [3.05, 3.63) is 41.1 Å². The highest BCUT2D eigenvalue weighted by Gasteiger charge is 2.27. The first kappa shape index (κ1) is 15.0. The SMILES string of the molecule is Cc1ccc2nc(C3CC3)cc(C(=O)NCC(C)(C)N)c2c1. The molecule has 0 bridgehead atoms. The predicted octanol–water partition coefficient (Wildman–Crippen LogP) is 2.89. The Bertz CT molecular complexity index is 727. The number of aromatic nitrogens is 1. The monoisotopic (exact) mass is 297 g/mol. The number of nitrogens with two attached hydrogens (primary N) is 1. The van der Waals surface area contributed by atoms with Crippen LogP contribution >= 0.6 is 0 Å². The summed E-state index contributed by atoms with van der Waals surface area (Å²) >= 11 is 0. The Morgan fingerprint density at radius 2 is 2.09 bits per heavy atom. The lowest BCUT2D eigenvalue weighted by atomic mass is 10.0. The van der Waals surface area contributed by atoms with Gasteiger partial charge in [-0.15, -0.1) is 0 Å². The number of amides is 1. The molecule has 1 heterocycles. The third-order valence-electron chi connectivity index (χ3n) is 3.93. The van der Waals surface area contributed by atoms with Crippen LogP contribution in [0.3, 0.4) is 0 Å². The van der Waals surface area contributed by atoms with Gasteiger partial charge in [0.2, 0.25) is 0 Å². The van der Waals surface area contributed by atoms with Crippen LogP contribution in [0.4, 0.5) is 0 Å². The van der Waals surface area contributed by atoms with Gasteiger partial charge in [-0.05, 0) is 51.8 Å². The molecule has 116 valence electrons. The smallest absolute Gasteiger partial charge is 0.252 e. The molecule has 4 nitrogen and oxygen atoms in total. The Morgan fingerprint density at radius 1 is 1.36 bits per heavy atom. The Kier molecular flexibility index (Phi) is 3.65. The van der Waals surface area contributed by atoms with Crippen molar-refractivity contribution < 1.29 is 4.79 Å². The molecule has 1 saturated carbocycles. The number of fused-ring (bicyclic) bond motifs is 1. The highest BCUT2D eigenvalue weighted by atomic mass is 16.1. The number of pyridine rings is 1. The average Bonchev–Trinajstić information content (AvgIpc) is 3.27. The first-order valence-corrected chi connectivity index (χ1v) is 7.82. The van der Waals surface area contributed by atoms with Crippen molar-refractivity contribution in [1.29, 1.82) is 0 Å². The van der Waals surface area contributed by atoms with Crippen LogP contribution in [0.5, 0.6) is 0 Å². The molecular weight excluding hydrogens is 274 g/mol. The van der Waals surface area contributed by atoms with Crippen molar-refractivity contribution in [2.24, 2.45) is 5.73 Å². The van der Waals surface area contributed by atoms with Crippen molar-refractivity contribution in [2.45, 2.75) is 45.1 Å². The second-order valence-corrected chi connectivity index (χ2v) is 7.06. The lowest BCUT2D eigenvalue weighted by molar-refractivity contribution is 0.0947. The molecule has 0 atom stereocenters. The summed E-state index contributed by atoms with van der Waals surface area (Å²) in [5, 5.41) is 3.86. The van der Waals surface area contributed by atoms with Gasteiger partial charge >= 0.3 is 0 Å². The zero-order valence-corrected chi connectivity index (χ0v) is 13.4. The fourth-order valence-electron chi connectivity index (χ4n) is 2.54. The summed E-state index contributed by atoms with van der Waals surface area (Å²) in [4.78, 5) is 17.3. The molecule has 22 heavy (non-hydrogen) atoms. The van der Waals surface area contributed by atoms with Crippen LogP contribution in [-0.4, -0.2) is 23.0 Å². The molecule has 1 aromatic carbocycles. The first-order chi connectivity index (χ1) is 10.3. The summed E-state index contributed by atoms with van der Waals surface area (Å²) in [5.74, 6) is 0.446. The maximum absolute atomic E-state index is 12.6. The van der Waals surface area contributed by atoms with E-state index in [2.05, 4.69) is 5.32 Å². The van der Waals surface area contributed by atoms with Gasteiger partial charge in [0.15, 0.2) is 0 Å². The van der Waals surface area contributed by atoms with Crippen LogP contribution in [0.25, 0.3) is 10.9 Å². The van der Waals surface area contributed by atoms with Crippen LogP contribution in [0.2, 0.25) is 0 Å². The van der Waals surface area contributed by atoms with Crippen LogP contribution in [0.1, 0.15) is 54.2 Å². The minimum atomic E-state index is -0.423. The van der Waals surface area contributed by atoms with Crippen molar-refractivity contribution >= 4 is 16.8 Å². The lowest BCUT2D eigenvalue weighted by Gasteiger charge is -2.19. The highest BCUT2D eigenvalue weighted by molar-refractivity contribution is 6.06. The minimum absolute atomic E-state index is 0.0709. The summed E-state index contributed by atoms with van der Waals surface area (Å²) in [6.07, 6.45) is 2.34. The number of aryl methyl sites for hydroxylation is 1. The van der Waals surface area contributed by atoms with Crippen molar-refractivity contribution in [1.82, 2.24) is 10.3 Å². The average molecular weight is 297 g/mol. The lowest BCUT2D eigenvalue weighted by Crippen LogP contribution is -2.45. The predicted molar refractivity (Wildman–Crippen MR) is 89.1 cm³/mol. The molecule has 0 aliphatic heterocycles. The molecular formula is C18H23N3O. The number of benzene rings is 1. The number of hydrogen-bond acceptors (Lipinski definition) is 3. The second kappa shape index (κ2) is 5.36. The molecule has 1 aromatic heterocycles. The van der Waals surface area contributed by atoms with E-state index in [0.717, 1.165) is 22.2 Å². The van der Waals surface area contributed by atoms with Crippen LogP contribution in [0.15, 0.2) is 24.3 Å². The molecule has 1 aliphatic carbocycles. The Morgan fingerprint density at radius 3 is 2.73 bits per heavy atom. The Labute approximate surface area is 131 Å². The number of nitrogens with one attached hydrogen (secondary N) is 1. The molecule has 3 rings (SSSR count). The molecule has 0 unspecified atom stereocenters. The van der Waals surface area contributed by atoms with Gasteiger partial charge in [-0.3, -0.25) is 9.78 Å². The summed E-state index contributed by atoms with van der Waals surface area (Å²) in [7, 11) is 0. The fourth-order valence-corrected chi connectivity index (χ4v) is 2.54. The van der Waals surface area contributed by atoms with Gasteiger partial charge in [0.25, 0.3) is 5.91 Å².